The highest BCUT2D eigenvalue weighted by molar-refractivity contribution is 5.73. The minimum absolute atomic E-state index is 0.0822. The highest BCUT2D eigenvalue weighted by Crippen LogP contribution is 2.24. The van der Waals surface area contributed by atoms with Crippen molar-refractivity contribution in [1.82, 2.24) is 10.2 Å². The molecule has 3 nitrogen and oxygen atoms in total. The van der Waals surface area contributed by atoms with E-state index in [-0.39, 0.29) is 6.03 Å². The Morgan fingerprint density at radius 2 is 2.07 bits per heavy atom. The first-order valence-corrected chi connectivity index (χ1v) is 5.73. The van der Waals surface area contributed by atoms with E-state index < -0.39 is 0 Å². The molecule has 1 fully saturated rings. The van der Waals surface area contributed by atoms with Gasteiger partial charge in [-0.25, -0.2) is 4.79 Å². The molecular weight excluding hydrogens is 176 g/mol. The van der Waals surface area contributed by atoms with Gasteiger partial charge in [-0.2, -0.15) is 0 Å². The lowest BCUT2D eigenvalue weighted by Crippen LogP contribution is -2.39. The third kappa shape index (κ3) is 3.56. The van der Waals surface area contributed by atoms with Crippen LogP contribution >= 0.6 is 0 Å². The second kappa shape index (κ2) is 5.89. The van der Waals surface area contributed by atoms with Gasteiger partial charge in [-0.05, 0) is 25.2 Å². The Bertz CT molecular complexity index is 176. The Balaban J connectivity index is 2.18. The van der Waals surface area contributed by atoms with Crippen molar-refractivity contribution in [1.29, 1.82) is 0 Å². The second-order valence-corrected chi connectivity index (χ2v) is 4.26. The van der Waals surface area contributed by atoms with Crippen LogP contribution in [0.1, 0.15) is 39.0 Å². The van der Waals surface area contributed by atoms with E-state index in [1.807, 2.05) is 11.9 Å². The number of urea groups is 1. The minimum atomic E-state index is 0.0822. The molecule has 14 heavy (non-hydrogen) atoms. The van der Waals surface area contributed by atoms with Crippen molar-refractivity contribution in [3.8, 4) is 0 Å². The van der Waals surface area contributed by atoms with E-state index in [0.717, 1.165) is 25.4 Å². The monoisotopic (exact) mass is 198 g/mol. The molecule has 1 aliphatic carbocycles. The van der Waals surface area contributed by atoms with Gasteiger partial charge in [0.15, 0.2) is 0 Å². The zero-order chi connectivity index (χ0) is 10.4. The molecule has 1 N–H and O–H groups in total. The van der Waals surface area contributed by atoms with Crippen LogP contribution in [0, 0.1) is 5.92 Å². The summed E-state index contributed by atoms with van der Waals surface area (Å²) in [5.41, 5.74) is 0. The molecule has 0 aromatic heterocycles. The minimum Gasteiger partial charge on any atom is -0.338 e. The third-order valence-electron chi connectivity index (χ3n) is 2.88. The number of nitrogens with one attached hydrogen (secondary N) is 1. The molecule has 1 rings (SSSR count). The van der Waals surface area contributed by atoms with Crippen molar-refractivity contribution in [2.75, 3.05) is 20.1 Å². The van der Waals surface area contributed by atoms with E-state index in [2.05, 4.69) is 12.2 Å². The lowest BCUT2D eigenvalue weighted by atomic mass is 10.1. The molecule has 0 atom stereocenters. The van der Waals surface area contributed by atoms with Gasteiger partial charge < -0.3 is 10.2 Å². The van der Waals surface area contributed by atoms with Crippen LogP contribution in [0.4, 0.5) is 4.79 Å². The largest absolute Gasteiger partial charge is 0.338 e. The Morgan fingerprint density at radius 1 is 1.43 bits per heavy atom. The van der Waals surface area contributed by atoms with E-state index in [0.29, 0.717) is 0 Å². The first-order valence-electron chi connectivity index (χ1n) is 5.73. The molecule has 82 valence electrons. The molecule has 0 radical (unpaired) electrons. The molecule has 0 bridgehead atoms. The summed E-state index contributed by atoms with van der Waals surface area (Å²) in [5.74, 6) is 0.743. The van der Waals surface area contributed by atoms with Gasteiger partial charge in [0.2, 0.25) is 0 Å². The molecule has 0 aromatic rings. The fraction of sp³-hybridized carbons (Fsp3) is 0.909. The molecule has 0 saturated heterocycles. The van der Waals surface area contributed by atoms with Crippen LogP contribution in [-0.4, -0.2) is 31.1 Å². The van der Waals surface area contributed by atoms with Crippen molar-refractivity contribution in [3.63, 3.8) is 0 Å². The lowest BCUT2D eigenvalue weighted by molar-refractivity contribution is 0.201. The van der Waals surface area contributed by atoms with Gasteiger partial charge in [0.1, 0.15) is 0 Å². The lowest BCUT2D eigenvalue weighted by Gasteiger charge is -2.21. The summed E-state index contributed by atoms with van der Waals surface area (Å²) in [5, 5.41) is 2.89. The smallest absolute Gasteiger partial charge is 0.317 e. The molecule has 1 saturated carbocycles. The Morgan fingerprint density at radius 3 is 2.64 bits per heavy atom. The van der Waals surface area contributed by atoms with Gasteiger partial charge in [-0.1, -0.05) is 19.8 Å². The van der Waals surface area contributed by atoms with Gasteiger partial charge in [0.25, 0.3) is 0 Å². The molecule has 1 aliphatic rings. The van der Waals surface area contributed by atoms with Crippen LogP contribution in [-0.2, 0) is 0 Å². The van der Waals surface area contributed by atoms with Crippen molar-refractivity contribution >= 4 is 6.03 Å². The number of carbonyl (C=O) groups is 1. The normalized spacial score (nSPS) is 17.0. The summed E-state index contributed by atoms with van der Waals surface area (Å²) in [7, 11) is 1.89. The van der Waals surface area contributed by atoms with Crippen LogP contribution in [0.2, 0.25) is 0 Å². The SMILES string of the molecule is CCCNC(=O)N(C)CC1CCCC1. The third-order valence-corrected chi connectivity index (χ3v) is 2.88. The predicted molar refractivity (Wildman–Crippen MR) is 58.3 cm³/mol. The molecule has 0 heterocycles. The maximum absolute atomic E-state index is 11.5. The topological polar surface area (TPSA) is 32.3 Å². The zero-order valence-corrected chi connectivity index (χ0v) is 9.38. The van der Waals surface area contributed by atoms with E-state index >= 15 is 0 Å². The molecule has 0 spiro atoms. The Hall–Kier alpha value is -0.730. The first-order chi connectivity index (χ1) is 6.74. The van der Waals surface area contributed by atoms with Crippen molar-refractivity contribution in [2.45, 2.75) is 39.0 Å². The molecule has 3 heteroatoms. The first kappa shape index (κ1) is 11.3. The van der Waals surface area contributed by atoms with Crippen LogP contribution < -0.4 is 5.32 Å². The number of rotatable bonds is 4. The van der Waals surface area contributed by atoms with Crippen molar-refractivity contribution in [3.05, 3.63) is 0 Å². The summed E-state index contributed by atoms with van der Waals surface area (Å²) in [6.45, 7) is 3.78. The number of hydrogen-bond donors (Lipinski definition) is 1. The Kier molecular flexibility index (Phi) is 4.77. The number of hydrogen-bond acceptors (Lipinski definition) is 1. The average Bonchev–Trinajstić information content (AvgIpc) is 2.66. The van der Waals surface area contributed by atoms with Crippen LogP contribution in [0.3, 0.4) is 0 Å². The predicted octanol–water partition coefficient (Wildman–Crippen LogP) is 2.23. The quantitative estimate of drug-likeness (QED) is 0.738. The highest BCUT2D eigenvalue weighted by atomic mass is 16.2. The summed E-state index contributed by atoms with van der Waals surface area (Å²) in [4.78, 5) is 13.3. The summed E-state index contributed by atoms with van der Waals surface area (Å²) in [6, 6.07) is 0.0822. The molecule has 0 aliphatic heterocycles. The summed E-state index contributed by atoms with van der Waals surface area (Å²) >= 11 is 0. The van der Waals surface area contributed by atoms with Gasteiger partial charge in [0, 0.05) is 20.1 Å². The molecular formula is C11H22N2O. The van der Waals surface area contributed by atoms with Gasteiger partial charge in [-0.15, -0.1) is 0 Å². The summed E-state index contributed by atoms with van der Waals surface area (Å²) < 4.78 is 0. The maximum atomic E-state index is 11.5. The molecule has 0 aromatic carbocycles. The average molecular weight is 198 g/mol. The van der Waals surface area contributed by atoms with Crippen LogP contribution in [0.25, 0.3) is 0 Å². The number of carbonyl (C=O) groups excluding carboxylic acids is 1. The second-order valence-electron chi connectivity index (χ2n) is 4.26. The number of nitrogens with zero attached hydrogens (tertiary/aromatic N) is 1. The fourth-order valence-electron chi connectivity index (χ4n) is 2.03. The molecule has 2 amide bonds. The Labute approximate surface area is 86.9 Å². The standard InChI is InChI=1S/C11H22N2O/c1-3-8-12-11(14)13(2)9-10-6-4-5-7-10/h10H,3-9H2,1-2H3,(H,12,14). The van der Waals surface area contributed by atoms with E-state index in [1.54, 1.807) is 0 Å². The highest BCUT2D eigenvalue weighted by Gasteiger charge is 2.18. The van der Waals surface area contributed by atoms with E-state index in [9.17, 15) is 4.79 Å². The van der Waals surface area contributed by atoms with Crippen LogP contribution in [0.5, 0.6) is 0 Å². The van der Waals surface area contributed by atoms with Gasteiger partial charge in [0.05, 0.1) is 0 Å². The fourth-order valence-corrected chi connectivity index (χ4v) is 2.03. The zero-order valence-electron chi connectivity index (χ0n) is 9.38. The van der Waals surface area contributed by atoms with Crippen LogP contribution in [0.15, 0.2) is 0 Å². The van der Waals surface area contributed by atoms with Gasteiger partial charge in [-0.3, -0.25) is 0 Å². The maximum Gasteiger partial charge on any atom is 0.317 e. The molecule has 0 unspecified atom stereocenters. The van der Waals surface area contributed by atoms with E-state index in [1.165, 1.54) is 25.7 Å². The number of amides is 2. The summed E-state index contributed by atoms with van der Waals surface area (Å²) in [6.07, 6.45) is 6.28. The van der Waals surface area contributed by atoms with Crippen molar-refractivity contribution < 1.29 is 4.79 Å². The van der Waals surface area contributed by atoms with Crippen molar-refractivity contribution in [2.24, 2.45) is 5.92 Å². The van der Waals surface area contributed by atoms with Gasteiger partial charge >= 0.3 is 6.03 Å². The van der Waals surface area contributed by atoms with E-state index in [4.69, 9.17) is 0 Å².